The van der Waals surface area contributed by atoms with Gasteiger partial charge in [0.15, 0.2) is 4.32 Å². The molecule has 0 atom stereocenters. The van der Waals surface area contributed by atoms with E-state index in [1.165, 1.54) is 28.8 Å². The Kier molecular flexibility index (Phi) is 4.27. The summed E-state index contributed by atoms with van der Waals surface area (Å²) >= 11 is 6.53. The zero-order valence-electron chi connectivity index (χ0n) is 11.8. The molecule has 1 fully saturated rings. The highest BCUT2D eigenvalue weighted by molar-refractivity contribution is 8.27. The molecule has 0 bridgehead atoms. The molecular weight excluding hydrogens is 330 g/mol. The van der Waals surface area contributed by atoms with E-state index in [4.69, 9.17) is 17.3 Å². The first-order valence-electron chi connectivity index (χ1n) is 6.72. The zero-order valence-corrected chi connectivity index (χ0v) is 13.4. The van der Waals surface area contributed by atoms with Gasteiger partial charge in [0.1, 0.15) is 0 Å². The Bertz CT molecular complexity index is 813. The molecule has 4 nitrogen and oxygen atoms in total. The van der Waals surface area contributed by atoms with Gasteiger partial charge in [0, 0.05) is 0 Å². The molecule has 1 aliphatic heterocycles. The lowest BCUT2D eigenvalue weighted by Gasteiger charge is -2.13. The largest absolute Gasteiger partial charge is 0.478 e. The highest BCUT2D eigenvalue weighted by atomic mass is 32.2. The number of thiocarbonyl (C=S) groups is 1. The number of thioether (sulfide) groups is 1. The fourth-order valence-corrected chi connectivity index (χ4v) is 3.44. The minimum Gasteiger partial charge on any atom is -0.478 e. The van der Waals surface area contributed by atoms with Crippen molar-refractivity contribution in [3.05, 3.63) is 70.6 Å². The molecule has 1 saturated heterocycles. The van der Waals surface area contributed by atoms with Gasteiger partial charge in [0.05, 0.1) is 16.2 Å². The van der Waals surface area contributed by atoms with Crippen molar-refractivity contribution in [2.24, 2.45) is 0 Å². The number of carboxylic acids is 1. The molecule has 2 aromatic rings. The van der Waals surface area contributed by atoms with Gasteiger partial charge in [0.2, 0.25) is 0 Å². The van der Waals surface area contributed by atoms with Gasteiger partial charge in [-0.25, -0.2) is 4.79 Å². The highest BCUT2D eigenvalue weighted by Gasteiger charge is 2.33. The average Bonchev–Trinajstić information content (AvgIpc) is 2.82. The number of hydrogen-bond donors (Lipinski definition) is 1. The topological polar surface area (TPSA) is 57.6 Å². The van der Waals surface area contributed by atoms with E-state index in [2.05, 4.69) is 0 Å². The van der Waals surface area contributed by atoms with Crippen LogP contribution in [0, 0.1) is 0 Å². The lowest BCUT2D eigenvalue weighted by Crippen LogP contribution is -2.27. The van der Waals surface area contributed by atoms with E-state index in [0.717, 1.165) is 11.3 Å². The summed E-state index contributed by atoms with van der Waals surface area (Å²) in [6.45, 7) is 0. The summed E-state index contributed by atoms with van der Waals surface area (Å²) in [7, 11) is 0. The zero-order chi connectivity index (χ0) is 16.4. The smallest absolute Gasteiger partial charge is 0.335 e. The fourth-order valence-electron chi connectivity index (χ4n) is 2.14. The van der Waals surface area contributed by atoms with E-state index < -0.39 is 5.97 Å². The number of rotatable bonds is 3. The van der Waals surface area contributed by atoms with E-state index in [1.54, 1.807) is 18.2 Å². The molecule has 0 aliphatic carbocycles. The van der Waals surface area contributed by atoms with Crippen molar-refractivity contribution in [2.45, 2.75) is 0 Å². The molecule has 0 saturated carbocycles. The number of carboxylic acid groups (broad SMARTS) is 1. The van der Waals surface area contributed by atoms with Crippen LogP contribution in [0.4, 0.5) is 5.69 Å². The Morgan fingerprint density at radius 1 is 1.09 bits per heavy atom. The van der Waals surface area contributed by atoms with Crippen molar-refractivity contribution in [3.8, 4) is 0 Å². The lowest BCUT2D eigenvalue weighted by molar-refractivity contribution is -0.113. The summed E-state index contributed by atoms with van der Waals surface area (Å²) in [5.41, 5.74) is 1.70. The van der Waals surface area contributed by atoms with Crippen LogP contribution in [0.1, 0.15) is 15.9 Å². The summed E-state index contributed by atoms with van der Waals surface area (Å²) < 4.78 is 0.481. The van der Waals surface area contributed by atoms with Crippen LogP contribution in [0.15, 0.2) is 59.5 Å². The number of hydrogen-bond acceptors (Lipinski definition) is 4. The van der Waals surface area contributed by atoms with Gasteiger partial charge >= 0.3 is 5.97 Å². The van der Waals surface area contributed by atoms with Gasteiger partial charge in [-0.15, -0.1) is 0 Å². The normalized spacial score (nSPS) is 16.2. The van der Waals surface area contributed by atoms with Crippen LogP contribution < -0.4 is 4.90 Å². The first-order valence-corrected chi connectivity index (χ1v) is 7.95. The third kappa shape index (κ3) is 3.18. The Morgan fingerprint density at radius 2 is 1.74 bits per heavy atom. The first-order chi connectivity index (χ1) is 11.1. The van der Waals surface area contributed by atoms with Crippen molar-refractivity contribution in [1.82, 2.24) is 0 Å². The standard InChI is InChI=1S/C17H11NO3S2/c19-15-14(10-11-6-8-12(9-7-11)16(20)21)23-17(22)18(15)13-4-2-1-3-5-13/h1-10H,(H,20,21)/b14-10-. The van der Waals surface area contributed by atoms with Gasteiger partial charge in [-0.2, -0.15) is 0 Å². The third-order valence-corrected chi connectivity index (χ3v) is 4.57. The van der Waals surface area contributed by atoms with Gasteiger partial charge in [-0.05, 0) is 35.9 Å². The monoisotopic (exact) mass is 341 g/mol. The molecule has 3 rings (SSSR count). The van der Waals surface area contributed by atoms with Crippen molar-refractivity contribution in [1.29, 1.82) is 0 Å². The molecular formula is C17H11NO3S2. The number of anilines is 1. The van der Waals surface area contributed by atoms with Crippen molar-refractivity contribution in [2.75, 3.05) is 4.90 Å². The van der Waals surface area contributed by atoms with Crippen LogP contribution in [0.3, 0.4) is 0 Å². The fraction of sp³-hybridized carbons (Fsp3) is 0. The van der Waals surface area contributed by atoms with Crippen LogP contribution in [0.25, 0.3) is 6.08 Å². The van der Waals surface area contributed by atoms with E-state index in [9.17, 15) is 9.59 Å². The summed E-state index contributed by atoms with van der Waals surface area (Å²) in [6.07, 6.45) is 1.72. The quantitative estimate of drug-likeness (QED) is 0.680. The maximum Gasteiger partial charge on any atom is 0.335 e. The number of para-hydroxylation sites is 1. The molecule has 2 aromatic carbocycles. The van der Waals surface area contributed by atoms with Gasteiger partial charge in [-0.1, -0.05) is 54.3 Å². The Balaban J connectivity index is 1.88. The molecule has 23 heavy (non-hydrogen) atoms. The van der Waals surface area contributed by atoms with E-state index in [1.807, 2.05) is 30.3 Å². The van der Waals surface area contributed by atoms with E-state index >= 15 is 0 Å². The Hall–Kier alpha value is -2.44. The van der Waals surface area contributed by atoms with Crippen LogP contribution in [-0.2, 0) is 4.79 Å². The molecule has 114 valence electrons. The minimum absolute atomic E-state index is 0.173. The summed E-state index contributed by atoms with van der Waals surface area (Å²) in [5, 5.41) is 8.90. The second kappa shape index (κ2) is 6.36. The molecule has 0 unspecified atom stereocenters. The molecule has 0 spiro atoms. The first kappa shape index (κ1) is 15.5. The van der Waals surface area contributed by atoms with E-state index in [-0.39, 0.29) is 11.5 Å². The van der Waals surface area contributed by atoms with Gasteiger partial charge in [0.25, 0.3) is 5.91 Å². The molecule has 1 N–H and O–H groups in total. The summed E-state index contributed by atoms with van der Waals surface area (Å²) in [6, 6.07) is 15.6. The minimum atomic E-state index is -0.980. The Morgan fingerprint density at radius 3 is 2.35 bits per heavy atom. The van der Waals surface area contributed by atoms with Crippen LogP contribution >= 0.6 is 24.0 Å². The molecule has 6 heteroatoms. The second-order valence-electron chi connectivity index (χ2n) is 4.78. The van der Waals surface area contributed by atoms with Crippen LogP contribution in [-0.4, -0.2) is 21.3 Å². The average molecular weight is 341 g/mol. The SMILES string of the molecule is O=C(O)c1ccc(/C=C2\SC(=S)N(c3ccccc3)C2=O)cc1. The number of amides is 1. The maximum atomic E-state index is 12.6. The molecule has 0 radical (unpaired) electrons. The number of aromatic carboxylic acids is 1. The number of benzene rings is 2. The molecule has 1 amide bonds. The number of nitrogens with zero attached hydrogens (tertiary/aromatic N) is 1. The predicted octanol–water partition coefficient (Wildman–Crippen LogP) is 3.79. The van der Waals surface area contributed by atoms with Crippen LogP contribution in [0.2, 0.25) is 0 Å². The lowest BCUT2D eigenvalue weighted by atomic mass is 10.1. The van der Waals surface area contributed by atoms with Gasteiger partial charge in [-0.3, -0.25) is 9.69 Å². The molecule has 0 aromatic heterocycles. The Labute approximate surface area is 142 Å². The highest BCUT2D eigenvalue weighted by Crippen LogP contribution is 2.35. The second-order valence-corrected chi connectivity index (χ2v) is 6.46. The van der Waals surface area contributed by atoms with Crippen molar-refractivity contribution < 1.29 is 14.7 Å². The van der Waals surface area contributed by atoms with Crippen molar-refractivity contribution >= 4 is 51.9 Å². The summed E-state index contributed by atoms with van der Waals surface area (Å²) in [5.74, 6) is -1.15. The van der Waals surface area contributed by atoms with E-state index in [0.29, 0.717) is 9.23 Å². The van der Waals surface area contributed by atoms with Crippen molar-refractivity contribution in [3.63, 3.8) is 0 Å². The van der Waals surface area contributed by atoms with Crippen LogP contribution in [0.5, 0.6) is 0 Å². The number of carbonyl (C=O) groups excluding carboxylic acids is 1. The summed E-state index contributed by atoms with van der Waals surface area (Å²) in [4.78, 5) is 25.4. The van der Waals surface area contributed by atoms with Gasteiger partial charge < -0.3 is 5.11 Å². The number of carbonyl (C=O) groups is 2. The molecule has 1 heterocycles. The predicted molar refractivity (Wildman–Crippen MR) is 95.5 cm³/mol. The molecule has 1 aliphatic rings. The third-order valence-electron chi connectivity index (χ3n) is 3.26. The maximum absolute atomic E-state index is 12.6.